The lowest BCUT2D eigenvalue weighted by molar-refractivity contribution is -0.160. The summed E-state index contributed by atoms with van der Waals surface area (Å²) in [5.74, 6) is -0.506. The summed E-state index contributed by atoms with van der Waals surface area (Å²) < 4.78 is 27.6. The van der Waals surface area contributed by atoms with E-state index in [4.69, 9.17) is 9.47 Å². The normalized spacial score (nSPS) is 15.9. The number of anilines is 1. The highest BCUT2D eigenvalue weighted by molar-refractivity contribution is 5.95. The van der Waals surface area contributed by atoms with Gasteiger partial charge in [-0.2, -0.15) is 0 Å². The first kappa shape index (κ1) is 30.6. The summed E-state index contributed by atoms with van der Waals surface area (Å²) in [5, 5.41) is 10.5. The van der Waals surface area contributed by atoms with E-state index < -0.39 is 17.7 Å². The van der Waals surface area contributed by atoms with Gasteiger partial charge >= 0.3 is 5.97 Å². The zero-order valence-corrected chi connectivity index (χ0v) is 26.1. The molecule has 7 heteroatoms. The Morgan fingerprint density at radius 2 is 1.67 bits per heavy atom. The molecule has 1 aliphatic heterocycles. The van der Waals surface area contributed by atoms with Crippen LogP contribution in [0.3, 0.4) is 0 Å². The van der Waals surface area contributed by atoms with Crippen LogP contribution in [-0.2, 0) is 16.0 Å². The van der Waals surface area contributed by atoms with Crippen LogP contribution in [-0.4, -0.2) is 40.8 Å². The van der Waals surface area contributed by atoms with Crippen molar-refractivity contribution in [3.63, 3.8) is 0 Å². The maximum absolute atomic E-state index is 13.2. The molecule has 0 bridgehead atoms. The number of halogens is 1. The zero-order valence-electron chi connectivity index (χ0n) is 26.1. The fraction of sp³-hybridized carbons (Fsp3) is 0.417. The number of pyridine rings is 1. The van der Waals surface area contributed by atoms with E-state index in [9.17, 15) is 14.3 Å². The van der Waals surface area contributed by atoms with E-state index in [0.717, 1.165) is 65.3 Å². The average molecular weight is 587 g/mol. The minimum Gasteiger partial charge on any atom is -0.493 e. The van der Waals surface area contributed by atoms with Crippen molar-refractivity contribution in [2.45, 2.75) is 72.5 Å². The molecule has 1 aliphatic rings. The Morgan fingerprint density at radius 1 is 1.02 bits per heavy atom. The van der Waals surface area contributed by atoms with Crippen molar-refractivity contribution in [3.05, 3.63) is 89.5 Å². The molecule has 0 amide bonds. The Labute approximate surface area is 254 Å². The minimum atomic E-state index is -1.13. The summed E-state index contributed by atoms with van der Waals surface area (Å²) in [7, 11) is 0. The van der Waals surface area contributed by atoms with Crippen molar-refractivity contribution < 1.29 is 23.8 Å². The summed E-state index contributed by atoms with van der Waals surface area (Å²) in [4.78, 5) is 15.2. The molecule has 5 rings (SSSR count). The first-order valence-corrected chi connectivity index (χ1v) is 15.1. The van der Waals surface area contributed by atoms with Crippen molar-refractivity contribution in [2.24, 2.45) is 5.41 Å². The second kappa shape index (κ2) is 12.0. The predicted octanol–water partition coefficient (Wildman–Crippen LogP) is 8.24. The number of carbonyl (C=O) groups is 1. The van der Waals surface area contributed by atoms with Gasteiger partial charge in [0.2, 0.25) is 0 Å². The van der Waals surface area contributed by atoms with E-state index in [-0.39, 0.29) is 11.2 Å². The van der Waals surface area contributed by atoms with Gasteiger partial charge in [-0.1, -0.05) is 38.1 Å². The standard InChI is InChI=1S/C36H43FN2O4/c1-24-30(33(34(40)41)43-35(2,3)4)32(38-21-18-36(5,6)19-22-38)31(29-8-7-20-39(24)29)26-11-15-28(16-12-26)42-23-17-25-9-13-27(37)14-10-25/h7-16,20,33H,17-19,21-23H2,1-6H3,(H,40,41)/t33-/m0/s1. The van der Waals surface area contributed by atoms with Gasteiger partial charge in [0, 0.05) is 42.5 Å². The Balaban J connectivity index is 1.58. The van der Waals surface area contributed by atoms with Crippen molar-refractivity contribution in [1.82, 2.24) is 4.40 Å². The Morgan fingerprint density at radius 3 is 2.28 bits per heavy atom. The van der Waals surface area contributed by atoms with Gasteiger partial charge in [-0.25, -0.2) is 9.18 Å². The minimum absolute atomic E-state index is 0.228. The van der Waals surface area contributed by atoms with Crippen molar-refractivity contribution in [2.75, 3.05) is 24.6 Å². The molecule has 0 unspecified atom stereocenters. The van der Waals surface area contributed by atoms with E-state index in [1.54, 1.807) is 12.1 Å². The third-order valence-electron chi connectivity index (χ3n) is 8.35. The molecule has 0 radical (unpaired) electrons. The van der Waals surface area contributed by atoms with Crippen LogP contribution in [0.5, 0.6) is 5.75 Å². The molecular formula is C36H43FN2O4. The third kappa shape index (κ3) is 6.88. The molecule has 1 fully saturated rings. The summed E-state index contributed by atoms with van der Waals surface area (Å²) >= 11 is 0. The molecule has 0 aliphatic carbocycles. The van der Waals surface area contributed by atoms with Crippen LogP contribution in [0.25, 0.3) is 16.6 Å². The topological polar surface area (TPSA) is 63.4 Å². The SMILES string of the molecule is Cc1c([C@H](OC(C)(C)C)C(=O)O)c(N2CCC(C)(C)CC2)c(-c2ccc(OCCc3ccc(F)cc3)cc2)c2cccn12. The lowest BCUT2D eigenvalue weighted by atomic mass is 9.82. The van der Waals surface area contributed by atoms with Crippen LogP contribution in [0.2, 0.25) is 0 Å². The molecule has 43 heavy (non-hydrogen) atoms. The largest absolute Gasteiger partial charge is 0.493 e. The first-order valence-electron chi connectivity index (χ1n) is 15.1. The second-order valence-electron chi connectivity index (χ2n) is 13.3. The van der Waals surface area contributed by atoms with E-state index >= 15 is 0 Å². The van der Waals surface area contributed by atoms with Crippen molar-refractivity contribution >= 4 is 17.2 Å². The summed E-state index contributed by atoms with van der Waals surface area (Å²) in [6.45, 7) is 14.4. The fourth-order valence-corrected chi connectivity index (χ4v) is 5.94. The molecule has 1 saturated heterocycles. The van der Waals surface area contributed by atoms with Crippen LogP contribution in [0, 0.1) is 18.2 Å². The maximum Gasteiger partial charge on any atom is 0.337 e. The smallest absolute Gasteiger partial charge is 0.337 e. The molecule has 0 saturated carbocycles. The van der Waals surface area contributed by atoms with E-state index in [0.29, 0.717) is 18.6 Å². The number of fused-ring (bicyclic) bond motifs is 1. The number of hydrogen-bond donors (Lipinski definition) is 1. The van der Waals surface area contributed by atoms with Crippen LogP contribution in [0.1, 0.15) is 70.4 Å². The maximum atomic E-state index is 13.2. The number of rotatable bonds is 9. The van der Waals surface area contributed by atoms with Gasteiger partial charge in [0.05, 0.1) is 23.4 Å². The molecular weight excluding hydrogens is 543 g/mol. The number of aromatic nitrogens is 1. The second-order valence-corrected chi connectivity index (χ2v) is 13.3. The van der Waals surface area contributed by atoms with Crippen LogP contribution < -0.4 is 9.64 Å². The molecule has 6 nitrogen and oxygen atoms in total. The summed E-state index contributed by atoms with van der Waals surface area (Å²) in [5.41, 5.74) is 6.07. The zero-order chi connectivity index (χ0) is 30.9. The van der Waals surface area contributed by atoms with Gasteiger partial charge < -0.3 is 23.9 Å². The number of hydrogen-bond acceptors (Lipinski definition) is 4. The van der Waals surface area contributed by atoms with Gasteiger partial charge in [-0.05, 0) is 93.5 Å². The number of ether oxygens (including phenoxy) is 2. The Hall–Kier alpha value is -3.84. The fourth-order valence-electron chi connectivity index (χ4n) is 5.94. The Kier molecular flexibility index (Phi) is 8.57. The number of aliphatic carboxylic acids is 1. The predicted molar refractivity (Wildman–Crippen MR) is 170 cm³/mol. The number of benzene rings is 2. The number of aryl methyl sites for hydroxylation is 1. The van der Waals surface area contributed by atoms with Crippen LogP contribution >= 0.6 is 0 Å². The molecule has 3 heterocycles. The van der Waals surface area contributed by atoms with Crippen molar-refractivity contribution in [3.8, 4) is 16.9 Å². The number of piperidine rings is 1. The van der Waals surface area contributed by atoms with Crippen LogP contribution in [0.15, 0.2) is 66.9 Å². The van der Waals surface area contributed by atoms with Gasteiger partial charge in [0.15, 0.2) is 6.10 Å². The molecule has 0 spiro atoms. The molecule has 1 atom stereocenters. The Bertz CT molecular complexity index is 1570. The highest BCUT2D eigenvalue weighted by Crippen LogP contribution is 2.46. The average Bonchev–Trinajstić information content (AvgIpc) is 3.43. The quantitative estimate of drug-likeness (QED) is 0.214. The molecule has 4 aromatic rings. The monoisotopic (exact) mass is 586 g/mol. The van der Waals surface area contributed by atoms with Gasteiger partial charge in [-0.15, -0.1) is 0 Å². The summed E-state index contributed by atoms with van der Waals surface area (Å²) in [6, 6.07) is 18.6. The molecule has 2 aromatic carbocycles. The molecule has 1 N–H and O–H groups in total. The first-order chi connectivity index (χ1) is 20.3. The van der Waals surface area contributed by atoms with Crippen molar-refractivity contribution in [1.29, 1.82) is 0 Å². The summed E-state index contributed by atoms with van der Waals surface area (Å²) in [6.07, 6.45) is 3.55. The van der Waals surface area contributed by atoms with E-state index in [1.807, 2.05) is 64.2 Å². The lowest BCUT2D eigenvalue weighted by Gasteiger charge is -2.41. The van der Waals surface area contributed by atoms with Gasteiger partial charge in [0.25, 0.3) is 0 Å². The third-order valence-corrected chi connectivity index (χ3v) is 8.35. The highest BCUT2D eigenvalue weighted by atomic mass is 19.1. The lowest BCUT2D eigenvalue weighted by Crippen LogP contribution is -2.39. The highest BCUT2D eigenvalue weighted by Gasteiger charge is 2.36. The molecule has 2 aromatic heterocycles. The van der Waals surface area contributed by atoms with Gasteiger partial charge in [-0.3, -0.25) is 0 Å². The number of nitrogens with zero attached hydrogens (tertiary/aromatic N) is 2. The van der Waals surface area contributed by atoms with Crippen LogP contribution in [0.4, 0.5) is 10.1 Å². The number of carboxylic acid groups (broad SMARTS) is 1. The number of carboxylic acids is 1. The van der Waals surface area contributed by atoms with E-state index in [1.165, 1.54) is 12.1 Å². The van der Waals surface area contributed by atoms with Gasteiger partial charge in [0.1, 0.15) is 11.6 Å². The van der Waals surface area contributed by atoms with E-state index in [2.05, 4.69) is 29.2 Å². The molecule has 228 valence electrons.